The quantitative estimate of drug-likeness (QED) is 0.485. The molecule has 26 heavy (non-hydrogen) atoms. The zero-order valence-corrected chi connectivity index (χ0v) is 15.8. The summed E-state index contributed by atoms with van der Waals surface area (Å²) in [5.74, 6) is 1.28. The third-order valence-electron chi connectivity index (χ3n) is 4.09. The number of amides is 1. The first-order valence-electron chi connectivity index (χ1n) is 8.83. The van der Waals surface area contributed by atoms with Gasteiger partial charge in [0.2, 0.25) is 0 Å². The number of hydrogen-bond acceptors (Lipinski definition) is 4. The third-order valence-corrected chi connectivity index (χ3v) is 5.19. The van der Waals surface area contributed by atoms with Crippen LogP contribution in [0.4, 0.5) is 0 Å². The molecule has 1 amide bonds. The second-order valence-electron chi connectivity index (χ2n) is 6.11. The van der Waals surface area contributed by atoms with E-state index >= 15 is 0 Å². The van der Waals surface area contributed by atoms with Crippen LogP contribution >= 0.6 is 11.8 Å². The number of rotatable bonds is 10. The van der Waals surface area contributed by atoms with Gasteiger partial charge in [0.05, 0.1) is 0 Å². The Labute approximate surface area is 159 Å². The normalized spacial score (nSPS) is 10.5. The van der Waals surface area contributed by atoms with E-state index in [1.165, 1.54) is 0 Å². The smallest absolute Gasteiger partial charge is 0.251 e. The molecule has 0 fully saturated rings. The van der Waals surface area contributed by atoms with Gasteiger partial charge in [0.25, 0.3) is 5.91 Å². The van der Waals surface area contributed by atoms with Gasteiger partial charge < -0.3 is 10.4 Å². The molecule has 0 aliphatic rings. The number of ketones is 1. The third kappa shape index (κ3) is 6.56. The van der Waals surface area contributed by atoms with Crippen molar-refractivity contribution in [1.82, 2.24) is 5.32 Å². The number of nitrogens with one attached hydrogen (secondary N) is 1. The summed E-state index contributed by atoms with van der Waals surface area (Å²) in [6, 6.07) is 14.6. The minimum Gasteiger partial charge on any atom is -0.508 e. The van der Waals surface area contributed by atoms with Crippen molar-refractivity contribution >= 4 is 23.5 Å². The number of unbranched alkanes of at least 4 members (excludes halogenated alkanes) is 2. The SMILES string of the molecule is CNC(=O)c1ccc(SCCCCCC(=O)Cc2ccccc2O)cc1. The summed E-state index contributed by atoms with van der Waals surface area (Å²) in [5, 5.41) is 12.3. The summed E-state index contributed by atoms with van der Waals surface area (Å²) in [4.78, 5) is 24.6. The summed E-state index contributed by atoms with van der Waals surface area (Å²) in [7, 11) is 1.62. The summed E-state index contributed by atoms with van der Waals surface area (Å²) in [5.41, 5.74) is 1.37. The van der Waals surface area contributed by atoms with Crippen LogP contribution in [0, 0.1) is 0 Å². The lowest BCUT2D eigenvalue weighted by Crippen LogP contribution is -2.17. The van der Waals surface area contributed by atoms with Crippen molar-refractivity contribution < 1.29 is 14.7 Å². The van der Waals surface area contributed by atoms with E-state index in [1.54, 1.807) is 37.0 Å². The zero-order chi connectivity index (χ0) is 18.8. The predicted molar refractivity (Wildman–Crippen MR) is 106 cm³/mol. The highest BCUT2D eigenvalue weighted by Crippen LogP contribution is 2.21. The van der Waals surface area contributed by atoms with Crippen LogP contribution in [0.1, 0.15) is 41.6 Å². The fourth-order valence-electron chi connectivity index (χ4n) is 2.60. The van der Waals surface area contributed by atoms with Crippen molar-refractivity contribution in [3.05, 3.63) is 59.7 Å². The Morgan fingerprint density at radius 3 is 2.42 bits per heavy atom. The predicted octanol–water partition coefficient (Wildman–Crippen LogP) is 4.22. The average Bonchev–Trinajstić information content (AvgIpc) is 2.66. The van der Waals surface area contributed by atoms with E-state index in [0.29, 0.717) is 24.0 Å². The van der Waals surface area contributed by atoms with Gasteiger partial charge in [-0.25, -0.2) is 0 Å². The lowest BCUT2D eigenvalue weighted by Gasteiger charge is -2.05. The van der Waals surface area contributed by atoms with Gasteiger partial charge in [-0.15, -0.1) is 11.8 Å². The number of thioether (sulfide) groups is 1. The number of carbonyl (C=O) groups excluding carboxylic acids is 2. The van der Waals surface area contributed by atoms with E-state index in [2.05, 4.69) is 5.32 Å². The lowest BCUT2D eigenvalue weighted by molar-refractivity contribution is -0.118. The molecule has 0 saturated heterocycles. The molecule has 0 aliphatic carbocycles. The maximum atomic E-state index is 12.0. The first-order chi connectivity index (χ1) is 12.6. The van der Waals surface area contributed by atoms with Crippen molar-refractivity contribution in [3.63, 3.8) is 0 Å². The van der Waals surface area contributed by atoms with Crippen LogP contribution in [0.5, 0.6) is 5.75 Å². The van der Waals surface area contributed by atoms with Gasteiger partial charge in [0.1, 0.15) is 11.5 Å². The summed E-state index contributed by atoms with van der Waals surface area (Å²) >= 11 is 1.76. The number of benzene rings is 2. The van der Waals surface area contributed by atoms with Gasteiger partial charge in [0.15, 0.2) is 0 Å². The van der Waals surface area contributed by atoms with E-state index in [9.17, 15) is 14.7 Å². The standard InChI is InChI=1S/C21H25NO3S/c1-22-21(25)16-10-12-19(13-11-16)26-14-6-2-3-8-18(23)15-17-7-4-5-9-20(17)24/h4-5,7,9-13,24H,2-3,6,8,14-15H2,1H3,(H,22,25). The average molecular weight is 372 g/mol. The highest BCUT2D eigenvalue weighted by atomic mass is 32.2. The van der Waals surface area contributed by atoms with Gasteiger partial charge in [-0.1, -0.05) is 24.6 Å². The van der Waals surface area contributed by atoms with Crippen molar-refractivity contribution in [3.8, 4) is 5.75 Å². The molecule has 0 atom stereocenters. The molecule has 2 aromatic carbocycles. The first kappa shape index (κ1) is 20.0. The number of phenols is 1. The topological polar surface area (TPSA) is 66.4 Å². The van der Waals surface area contributed by atoms with E-state index in [-0.39, 0.29) is 17.4 Å². The molecular formula is C21H25NO3S. The maximum Gasteiger partial charge on any atom is 0.251 e. The number of phenolic OH excluding ortho intramolecular Hbond substituents is 1. The van der Waals surface area contributed by atoms with Gasteiger partial charge in [-0.05, 0) is 48.9 Å². The fraction of sp³-hybridized carbons (Fsp3) is 0.333. The number of Topliss-reactive ketones (excluding diaryl/α,β-unsaturated/α-hetero) is 1. The van der Waals surface area contributed by atoms with Crippen LogP contribution in [-0.2, 0) is 11.2 Å². The van der Waals surface area contributed by atoms with Gasteiger partial charge in [-0.2, -0.15) is 0 Å². The maximum absolute atomic E-state index is 12.0. The molecule has 138 valence electrons. The monoisotopic (exact) mass is 371 g/mol. The molecule has 0 radical (unpaired) electrons. The van der Waals surface area contributed by atoms with Crippen LogP contribution < -0.4 is 5.32 Å². The summed E-state index contributed by atoms with van der Waals surface area (Å²) < 4.78 is 0. The Hall–Kier alpha value is -2.27. The second kappa shape index (κ2) is 10.7. The molecule has 2 rings (SSSR count). The Balaban J connectivity index is 1.60. The molecule has 0 aliphatic heterocycles. The molecule has 0 saturated carbocycles. The summed E-state index contributed by atoms with van der Waals surface area (Å²) in [6.45, 7) is 0. The van der Waals surface area contributed by atoms with E-state index in [0.717, 1.165) is 29.9 Å². The van der Waals surface area contributed by atoms with Crippen LogP contribution in [0.2, 0.25) is 0 Å². The molecule has 0 bridgehead atoms. The van der Waals surface area contributed by atoms with Crippen LogP contribution in [0.3, 0.4) is 0 Å². The van der Waals surface area contributed by atoms with Gasteiger partial charge >= 0.3 is 0 Å². The van der Waals surface area contributed by atoms with Crippen LogP contribution in [-0.4, -0.2) is 29.6 Å². The number of carbonyl (C=O) groups is 2. The molecule has 0 aromatic heterocycles. The first-order valence-corrected chi connectivity index (χ1v) is 9.82. The van der Waals surface area contributed by atoms with Crippen LogP contribution in [0.25, 0.3) is 0 Å². The molecule has 4 nitrogen and oxygen atoms in total. The van der Waals surface area contributed by atoms with Crippen molar-refractivity contribution in [2.75, 3.05) is 12.8 Å². The molecule has 0 unspecified atom stereocenters. The minimum absolute atomic E-state index is 0.0740. The van der Waals surface area contributed by atoms with Crippen molar-refractivity contribution in [1.29, 1.82) is 0 Å². The largest absolute Gasteiger partial charge is 0.508 e. The minimum atomic E-state index is -0.0740. The van der Waals surface area contributed by atoms with Gasteiger partial charge in [-0.3, -0.25) is 9.59 Å². The number of hydrogen-bond donors (Lipinski definition) is 2. The van der Waals surface area contributed by atoms with E-state index < -0.39 is 0 Å². The van der Waals surface area contributed by atoms with E-state index in [1.807, 2.05) is 30.3 Å². The molecular weight excluding hydrogens is 346 g/mol. The molecule has 5 heteroatoms. The molecule has 0 spiro atoms. The van der Waals surface area contributed by atoms with E-state index in [4.69, 9.17) is 0 Å². The Kier molecular flexibility index (Phi) is 8.22. The highest BCUT2D eigenvalue weighted by molar-refractivity contribution is 7.99. The Bertz CT molecular complexity index is 728. The molecule has 0 heterocycles. The summed E-state index contributed by atoms with van der Waals surface area (Å²) in [6.07, 6.45) is 3.79. The van der Waals surface area contributed by atoms with Gasteiger partial charge in [0, 0.05) is 35.9 Å². The lowest BCUT2D eigenvalue weighted by atomic mass is 10.0. The zero-order valence-electron chi connectivity index (χ0n) is 15.0. The fourth-order valence-corrected chi connectivity index (χ4v) is 3.51. The van der Waals surface area contributed by atoms with Crippen molar-refractivity contribution in [2.45, 2.75) is 37.0 Å². The van der Waals surface area contributed by atoms with Crippen LogP contribution in [0.15, 0.2) is 53.4 Å². The number of para-hydroxylation sites is 1. The van der Waals surface area contributed by atoms with Crippen molar-refractivity contribution in [2.24, 2.45) is 0 Å². The second-order valence-corrected chi connectivity index (χ2v) is 7.28. The molecule has 2 N–H and O–H groups in total. The molecule has 2 aromatic rings. The highest BCUT2D eigenvalue weighted by Gasteiger charge is 2.07. The number of aromatic hydroxyl groups is 1. The Morgan fingerprint density at radius 1 is 1.00 bits per heavy atom. The Morgan fingerprint density at radius 2 is 1.73 bits per heavy atom.